The summed E-state index contributed by atoms with van der Waals surface area (Å²) in [4.78, 5) is 9.48. The zero-order valence-electron chi connectivity index (χ0n) is 13.5. The van der Waals surface area contributed by atoms with Gasteiger partial charge < -0.3 is 15.2 Å². The highest BCUT2D eigenvalue weighted by atomic mass is 35.5. The number of phenolic OH excluding ortho intramolecular Hbond substituents is 1. The normalized spacial score (nSPS) is 22.6. The molecule has 5 nitrogen and oxygen atoms in total. The van der Waals surface area contributed by atoms with Crippen molar-refractivity contribution in [2.24, 2.45) is 9.98 Å². The SMILES string of the molecule is COC1=NC2C(=Nc3ccc(O)cc3)c3ccc(Cl)cc3NC2C=C1. The van der Waals surface area contributed by atoms with Gasteiger partial charge in [-0.15, -0.1) is 0 Å². The van der Waals surface area contributed by atoms with E-state index in [0.29, 0.717) is 10.9 Å². The Morgan fingerprint density at radius 2 is 2.00 bits per heavy atom. The number of nitrogens with one attached hydrogen (secondary N) is 1. The number of rotatable bonds is 1. The van der Waals surface area contributed by atoms with Gasteiger partial charge in [0.1, 0.15) is 11.8 Å². The second kappa shape index (κ2) is 6.26. The zero-order valence-corrected chi connectivity index (χ0v) is 14.2. The molecule has 2 aliphatic heterocycles. The molecule has 2 aromatic carbocycles. The van der Waals surface area contributed by atoms with E-state index in [-0.39, 0.29) is 17.8 Å². The number of nitrogens with zero attached hydrogens (tertiary/aromatic N) is 2. The van der Waals surface area contributed by atoms with Crippen LogP contribution in [0.15, 0.2) is 64.6 Å². The molecular formula is C19H16ClN3O2. The van der Waals surface area contributed by atoms with E-state index in [1.54, 1.807) is 31.4 Å². The molecule has 126 valence electrons. The number of ether oxygens (including phenoxy) is 1. The van der Waals surface area contributed by atoms with E-state index in [1.807, 2.05) is 30.4 Å². The number of aromatic hydroxyl groups is 1. The molecule has 0 spiro atoms. The smallest absolute Gasteiger partial charge is 0.208 e. The van der Waals surface area contributed by atoms with Gasteiger partial charge in [-0.1, -0.05) is 17.7 Å². The lowest BCUT2D eigenvalue weighted by Crippen LogP contribution is -2.44. The Labute approximate surface area is 150 Å². The third-order valence-electron chi connectivity index (χ3n) is 4.22. The van der Waals surface area contributed by atoms with Gasteiger partial charge in [-0.25, -0.2) is 4.99 Å². The van der Waals surface area contributed by atoms with Gasteiger partial charge in [0, 0.05) is 16.3 Å². The quantitative estimate of drug-likeness (QED) is 0.816. The van der Waals surface area contributed by atoms with Gasteiger partial charge in [0.25, 0.3) is 0 Å². The van der Waals surface area contributed by atoms with Crippen LogP contribution in [0.3, 0.4) is 0 Å². The van der Waals surface area contributed by atoms with Crippen molar-refractivity contribution in [2.75, 3.05) is 12.4 Å². The van der Waals surface area contributed by atoms with E-state index in [4.69, 9.17) is 21.3 Å². The number of phenols is 1. The number of hydrogen-bond acceptors (Lipinski definition) is 5. The van der Waals surface area contributed by atoms with E-state index in [2.05, 4.69) is 10.3 Å². The van der Waals surface area contributed by atoms with Crippen molar-refractivity contribution in [3.8, 4) is 5.75 Å². The second-order valence-electron chi connectivity index (χ2n) is 5.85. The van der Waals surface area contributed by atoms with Crippen LogP contribution >= 0.6 is 11.6 Å². The summed E-state index contributed by atoms with van der Waals surface area (Å²) in [7, 11) is 1.60. The van der Waals surface area contributed by atoms with Crippen LogP contribution < -0.4 is 5.32 Å². The fourth-order valence-electron chi connectivity index (χ4n) is 3.02. The van der Waals surface area contributed by atoms with Crippen molar-refractivity contribution in [1.82, 2.24) is 0 Å². The summed E-state index contributed by atoms with van der Waals surface area (Å²) < 4.78 is 5.29. The first-order chi connectivity index (χ1) is 12.1. The molecule has 0 fully saturated rings. The third kappa shape index (κ3) is 2.98. The molecule has 2 unspecified atom stereocenters. The van der Waals surface area contributed by atoms with Gasteiger partial charge in [-0.05, 0) is 48.5 Å². The molecule has 2 heterocycles. The summed E-state index contributed by atoms with van der Waals surface area (Å²) in [5.41, 5.74) is 3.46. The monoisotopic (exact) mass is 353 g/mol. The number of dihydropyridines is 1. The first-order valence-corrected chi connectivity index (χ1v) is 8.26. The fourth-order valence-corrected chi connectivity index (χ4v) is 3.19. The topological polar surface area (TPSA) is 66.2 Å². The molecular weight excluding hydrogens is 338 g/mol. The molecule has 0 aromatic heterocycles. The van der Waals surface area contributed by atoms with Gasteiger partial charge in [0.05, 0.1) is 24.6 Å². The van der Waals surface area contributed by atoms with Crippen molar-refractivity contribution < 1.29 is 9.84 Å². The van der Waals surface area contributed by atoms with Crippen molar-refractivity contribution >= 4 is 34.6 Å². The minimum absolute atomic E-state index is 0.0271. The number of methoxy groups -OCH3 is 1. The van der Waals surface area contributed by atoms with Crippen molar-refractivity contribution in [2.45, 2.75) is 12.1 Å². The van der Waals surface area contributed by atoms with Gasteiger partial charge in [-0.3, -0.25) is 4.99 Å². The molecule has 0 radical (unpaired) electrons. The Hall–Kier alpha value is -2.79. The maximum absolute atomic E-state index is 9.48. The maximum atomic E-state index is 9.48. The van der Waals surface area contributed by atoms with Crippen LogP contribution in [0.1, 0.15) is 5.56 Å². The molecule has 2 atom stereocenters. The molecule has 25 heavy (non-hydrogen) atoms. The minimum Gasteiger partial charge on any atom is -0.508 e. The largest absolute Gasteiger partial charge is 0.508 e. The molecule has 0 aliphatic carbocycles. The van der Waals surface area contributed by atoms with Crippen LogP contribution in [0.5, 0.6) is 5.75 Å². The summed E-state index contributed by atoms with van der Waals surface area (Å²) in [6.45, 7) is 0. The molecule has 4 rings (SSSR count). The van der Waals surface area contributed by atoms with Gasteiger partial charge in [0.2, 0.25) is 5.90 Å². The number of fused-ring (bicyclic) bond motifs is 2. The van der Waals surface area contributed by atoms with Crippen LogP contribution in [-0.4, -0.2) is 35.9 Å². The average Bonchev–Trinajstić information content (AvgIpc) is 2.62. The highest BCUT2D eigenvalue weighted by Crippen LogP contribution is 2.33. The third-order valence-corrected chi connectivity index (χ3v) is 4.46. The Balaban J connectivity index is 1.86. The number of halogens is 1. The molecule has 0 amide bonds. The fraction of sp³-hybridized carbons (Fsp3) is 0.158. The molecule has 2 aliphatic rings. The molecule has 2 N–H and O–H groups in total. The predicted octanol–water partition coefficient (Wildman–Crippen LogP) is 3.94. The molecule has 0 saturated carbocycles. The molecule has 0 saturated heterocycles. The zero-order chi connectivity index (χ0) is 17.4. The van der Waals surface area contributed by atoms with E-state index < -0.39 is 0 Å². The van der Waals surface area contributed by atoms with Crippen molar-refractivity contribution in [3.63, 3.8) is 0 Å². The van der Waals surface area contributed by atoms with Crippen molar-refractivity contribution in [3.05, 3.63) is 65.2 Å². The lowest BCUT2D eigenvalue weighted by atomic mass is 9.89. The lowest BCUT2D eigenvalue weighted by molar-refractivity contribution is 0.400. The van der Waals surface area contributed by atoms with Gasteiger partial charge >= 0.3 is 0 Å². The number of hydrogen-bond donors (Lipinski definition) is 2. The van der Waals surface area contributed by atoms with Crippen LogP contribution in [0, 0.1) is 0 Å². The van der Waals surface area contributed by atoms with Crippen LogP contribution in [0.25, 0.3) is 0 Å². The predicted molar refractivity (Wildman–Crippen MR) is 101 cm³/mol. The van der Waals surface area contributed by atoms with E-state index >= 15 is 0 Å². The standard InChI is InChI=1S/C19H16ClN3O2/c1-25-17-9-8-15-19(23-17)18(21-12-3-5-13(24)6-4-12)14-7-2-11(20)10-16(14)22-15/h2-10,15,19,22,24H,1H3. The summed E-state index contributed by atoms with van der Waals surface area (Å²) >= 11 is 6.15. The summed E-state index contributed by atoms with van der Waals surface area (Å²) in [6.07, 6.45) is 3.87. The summed E-state index contributed by atoms with van der Waals surface area (Å²) in [5.74, 6) is 0.776. The maximum Gasteiger partial charge on any atom is 0.208 e. The molecule has 2 aromatic rings. The first-order valence-electron chi connectivity index (χ1n) is 7.88. The highest BCUT2D eigenvalue weighted by Gasteiger charge is 2.34. The number of aliphatic imine (C=N–C) groups is 2. The summed E-state index contributed by atoms with van der Waals surface area (Å²) in [5, 5.41) is 13.6. The Morgan fingerprint density at radius 3 is 2.76 bits per heavy atom. The highest BCUT2D eigenvalue weighted by molar-refractivity contribution is 6.31. The van der Waals surface area contributed by atoms with Gasteiger partial charge in [0.15, 0.2) is 0 Å². The molecule has 6 heteroatoms. The lowest BCUT2D eigenvalue weighted by Gasteiger charge is -2.34. The van der Waals surface area contributed by atoms with E-state index in [0.717, 1.165) is 22.6 Å². The second-order valence-corrected chi connectivity index (χ2v) is 6.29. The average molecular weight is 354 g/mol. The summed E-state index contributed by atoms with van der Waals surface area (Å²) in [6, 6.07) is 12.2. The number of benzene rings is 2. The Morgan fingerprint density at radius 1 is 1.20 bits per heavy atom. The van der Waals surface area contributed by atoms with Gasteiger partial charge in [-0.2, -0.15) is 0 Å². The van der Waals surface area contributed by atoms with E-state index in [9.17, 15) is 5.11 Å². The minimum atomic E-state index is -0.206. The first kappa shape index (κ1) is 15.7. The van der Waals surface area contributed by atoms with E-state index in [1.165, 1.54) is 0 Å². The number of anilines is 1. The van der Waals surface area contributed by atoms with Crippen LogP contribution in [0.2, 0.25) is 5.02 Å². The van der Waals surface area contributed by atoms with Crippen LogP contribution in [-0.2, 0) is 4.74 Å². The Bertz CT molecular complexity index is 903. The van der Waals surface area contributed by atoms with Crippen LogP contribution in [0.4, 0.5) is 11.4 Å². The van der Waals surface area contributed by atoms with Crippen molar-refractivity contribution in [1.29, 1.82) is 0 Å². The molecule has 0 bridgehead atoms. The Kier molecular flexibility index (Phi) is 3.93.